The molecule has 1 saturated carbocycles. The second-order valence-corrected chi connectivity index (χ2v) is 6.52. The Morgan fingerprint density at radius 1 is 1.16 bits per heavy atom. The van der Waals surface area contributed by atoms with Crippen molar-refractivity contribution < 1.29 is 4.74 Å². The molecule has 1 aliphatic heterocycles. The van der Waals surface area contributed by atoms with E-state index in [0.29, 0.717) is 28.0 Å². The topological polar surface area (TPSA) is 21.3 Å². The number of benzene rings is 1. The average molecular weight is 300 g/mol. The van der Waals surface area contributed by atoms with Gasteiger partial charge < -0.3 is 10.1 Å². The number of halogens is 2. The van der Waals surface area contributed by atoms with Crippen molar-refractivity contribution in [2.45, 2.75) is 32.3 Å². The van der Waals surface area contributed by atoms with Crippen LogP contribution in [0.2, 0.25) is 10.0 Å². The zero-order chi connectivity index (χ0) is 13.4. The highest BCUT2D eigenvalue weighted by molar-refractivity contribution is 6.36. The molecule has 104 valence electrons. The molecule has 2 fully saturated rings. The van der Waals surface area contributed by atoms with Crippen LogP contribution in [0.25, 0.3) is 0 Å². The summed E-state index contributed by atoms with van der Waals surface area (Å²) < 4.78 is 6.26. The van der Waals surface area contributed by atoms with Crippen LogP contribution in [-0.2, 0) is 0 Å². The van der Waals surface area contributed by atoms with Crippen molar-refractivity contribution in [1.29, 1.82) is 0 Å². The van der Waals surface area contributed by atoms with Crippen LogP contribution in [0.3, 0.4) is 0 Å². The molecule has 1 aromatic rings. The number of hydrogen-bond acceptors (Lipinski definition) is 2. The van der Waals surface area contributed by atoms with Crippen LogP contribution >= 0.6 is 23.2 Å². The maximum atomic E-state index is 6.26. The lowest BCUT2D eigenvalue weighted by molar-refractivity contribution is 0.121. The number of rotatable bonds is 4. The molecular weight excluding hydrogens is 281 g/mol. The van der Waals surface area contributed by atoms with E-state index >= 15 is 0 Å². The summed E-state index contributed by atoms with van der Waals surface area (Å²) in [6.07, 6.45) is 4.07. The van der Waals surface area contributed by atoms with Gasteiger partial charge in [-0.3, -0.25) is 0 Å². The Bertz CT molecular complexity index is 467. The fourth-order valence-corrected chi connectivity index (χ4v) is 3.25. The molecule has 2 aliphatic rings. The van der Waals surface area contributed by atoms with E-state index in [9.17, 15) is 0 Å². The van der Waals surface area contributed by atoms with E-state index in [1.807, 2.05) is 13.0 Å². The Morgan fingerprint density at radius 2 is 1.95 bits per heavy atom. The predicted octanol–water partition coefficient (Wildman–Crippen LogP) is 4.07. The molecule has 1 aliphatic carbocycles. The molecule has 0 unspecified atom stereocenters. The highest BCUT2D eigenvalue weighted by Crippen LogP contribution is 2.41. The van der Waals surface area contributed by atoms with Crippen molar-refractivity contribution in [1.82, 2.24) is 5.32 Å². The second kappa shape index (κ2) is 5.51. The van der Waals surface area contributed by atoms with Gasteiger partial charge >= 0.3 is 0 Å². The fraction of sp³-hybridized carbons (Fsp3) is 0.600. The monoisotopic (exact) mass is 299 g/mol. The predicted molar refractivity (Wildman–Crippen MR) is 79.3 cm³/mol. The van der Waals surface area contributed by atoms with E-state index in [-0.39, 0.29) is 0 Å². The molecule has 1 aromatic carbocycles. The SMILES string of the molecule is Cc1cc(O[C@H](C2CC2)[C@H]2CCNC2)c(Cl)cc1Cl. The average Bonchev–Trinajstić information content (AvgIpc) is 3.07. The van der Waals surface area contributed by atoms with Crippen molar-refractivity contribution in [3.05, 3.63) is 27.7 Å². The lowest BCUT2D eigenvalue weighted by atomic mass is 9.97. The van der Waals surface area contributed by atoms with E-state index in [0.717, 1.165) is 24.4 Å². The van der Waals surface area contributed by atoms with E-state index in [2.05, 4.69) is 5.32 Å². The highest BCUT2D eigenvalue weighted by Gasteiger charge is 2.39. The normalized spacial score (nSPS) is 24.5. The molecule has 0 radical (unpaired) electrons. The van der Waals surface area contributed by atoms with Gasteiger partial charge in [-0.05, 0) is 56.3 Å². The smallest absolute Gasteiger partial charge is 0.138 e. The first kappa shape index (κ1) is 13.5. The highest BCUT2D eigenvalue weighted by atomic mass is 35.5. The van der Waals surface area contributed by atoms with E-state index in [1.165, 1.54) is 19.3 Å². The molecule has 1 heterocycles. The number of hydrogen-bond donors (Lipinski definition) is 1. The maximum Gasteiger partial charge on any atom is 0.138 e. The Morgan fingerprint density at radius 3 is 2.58 bits per heavy atom. The molecule has 4 heteroatoms. The molecule has 0 spiro atoms. The minimum absolute atomic E-state index is 0.299. The van der Waals surface area contributed by atoms with Crippen LogP contribution in [-0.4, -0.2) is 19.2 Å². The number of ether oxygens (including phenoxy) is 1. The summed E-state index contributed by atoms with van der Waals surface area (Å²) >= 11 is 12.3. The molecule has 2 atom stereocenters. The van der Waals surface area contributed by atoms with Crippen molar-refractivity contribution in [3.63, 3.8) is 0 Å². The molecule has 2 nitrogen and oxygen atoms in total. The van der Waals surface area contributed by atoms with Gasteiger partial charge in [0.1, 0.15) is 11.9 Å². The Kier molecular flexibility index (Phi) is 3.93. The third-order valence-corrected chi connectivity index (χ3v) is 4.83. The van der Waals surface area contributed by atoms with E-state index < -0.39 is 0 Å². The van der Waals surface area contributed by atoms with Gasteiger partial charge in [0, 0.05) is 17.5 Å². The van der Waals surface area contributed by atoms with Gasteiger partial charge in [0.15, 0.2) is 0 Å². The standard InChI is InChI=1S/C15H19Cl2NO/c1-9-6-14(13(17)7-12(9)16)19-15(10-2-3-10)11-4-5-18-8-11/h6-7,10-11,15,18H,2-5,8H2,1H3/t11-,15+/m0/s1. The van der Waals surface area contributed by atoms with Crippen molar-refractivity contribution in [2.75, 3.05) is 13.1 Å². The summed E-state index contributed by atoms with van der Waals surface area (Å²) in [6, 6.07) is 3.74. The lowest BCUT2D eigenvalue weighted by Gasteiger charge is -2.25. The molecule has 3 rings (SSSR count). The second-order valence-electron chi connectivity index (χ2n) is 5.70. The third kappa shape index (κ3) is 3.01. The molecular formula is C15H19Cl2NO. The summed E-state index contributed by atoms with van der Waals surface area (Å²) in [5.74, 6) is 2.10. The zero-order valence-electron chi connectivity index (χ0n) is 11.1. The first-order valence-corrected chi connectivity index (χ1v) is 7.74. The van der Waals surface area contributed by atoms with Crippen LogP contribution in [0.5, 0.6) is 5.75 Å². The van der Waals surface area contributed by atoms with Crippen molar-refractivity contribution in [2.24, 2.45) is 11.8 Å². The largest absolute Gasteiger partial charge is 0.488 e. The van der Waals surface area contributed by atoms with Crippen LogP contribution < -0.4 is 10.1 Å². The van der Waals surface area contributed by atoms with E-state index in [4.69, 9.17) is 27.9 Å². The van der Waals surface area contributed by atoms with Crippen molar-refractivity contribution in [3.8, 4) is 5.75 Å². The summed E-state index contributed by atoms with van der Waals surface area (Å²) in [5.41, 5.74) is 1.01. The van der Waals surface area contributed by atoms with Crippen LogP contribution in [0.1, 0.15) is 24.8 Å². The van der Waals surface area contributed by atoms with Crippen molar-refractivity contribution >= 4 is 23.2 Å². The fourth-order valence-electron chi connectivity index (χ4n) is 2.83. The Hall–Kier alpha value is -0.440. The van der Waals surface area contributed by atoms with Gasteiger partial charge in [-0.15, -0.1) is 0 Å². The molecule has 19 heavy (non-hydrogen) atoms. The molecule has 1 saturated heterocycles. The Balaban J connectivity index is 1.79. The molecule has 0 bridgehead atoms. The minimum atomic E-state index is 0.299. The van der Waals surface area contributed by atoms with Gasteiger partial charge in [0.2, 0.25) is 0 Å². The lowest BCUT2D eigenvalue weighted by Crippen LogP contribution is -2.31. The summed E-state index contributed by atoms with van der Waals surface area (Å²) in [5, 5.41) is 4.74. The van der Waals surface area contributed by atoms with Gasteiger partial charge in [0.25, 0.3) is 0 Å². The van der Waals surface area contributed by atoms with Gasteiger partial charge in [-0.1, -0.05) is 23.2 Å². The van der Waals surface area contributed by atoms with Gasteiger partial charge in [-0.2, -0.15) is 0 Å². The summed E-state index contributed by atoms with van der Waals surface area (Å²) in [7, 11) is 0. The Labute approximate surface area is 124 Å². The minimum Gasteiger partial charge on any atom is -0.488 e. The summed E-state index contributed by atoms with van der Waals surface area (Å²) in [6.45, 7) is 4.14. The summed E-state index contributed by atoms with van der Waals surface area (Å²) in [4.78, 5) is 0. The van der Waals surface area contributed by atoms with Crippen LogP contribution in [0.4, 0.5) is 0 Å². The van der Waals surface area contributed by atoms with Gasteiger partial charge in [0.05, 0.1) is 5.02 Å². The molecule has 0 amide bonds. The maximum absolute atomic E-state index is 6.26. The molecule has 0 aromatic heterocycles. The van der Waals surface area contributed by atoms with Crippen LogP contribution in [0.15, 0.2) is 12.1 Å². The van der Waals surface area contributed by atoms with E-state index in [1.54, 1.807) is 6.07 Å². The first-order chi connectivity index (χ1) is 9.15. The first-order valence-electron chi connectivity index (χ1n) is 6.98. The zero-order valence-corrected chi connectivity index (χ0v) is 12.6. The van der Waals surface area contributed by atoms with Crippen LogP contribution in [0, 0.1) is 18.8 Å². The molecule has 1 N–H and O–H groups in total. The van der Waals surface area contributed by atoms with Gasteiger partial charge in [-0.25, -0.2) is 0 Å². The number of nitrogens with one attached hydrogen (secondary N) is 1. The number of aryl methyl sites for hydroxylation is 1. The quantitative estimate of drug-likeness (QED) is 0.905. The third-order valence-electron chi connectivity index (χ3n) is 4.13.